The summed E-state index contributed by atoms with van der Waals surface area (Å²) in [6.07, 6.45) is 1.30. The molecule has 0 saturated carbocycles. The highest BCUT2D eigenvalue weighted by Gasteiger charge is 2.27. The van der Waals surface area contributed by atoms with Gasteiger partial charge < -0.3 is 10.1 Å². The molecular formula is C12H17NO4S2. The van der Waals surface area contributed by atoms with E-state index in [0.717, 1.165) is 6.42 Å². The van der Waals surface area contributed by atoms with E-state index in [1.807, 2.05) is 17.5 Å². The summed E-state index contributed by atoms with van der Waals surface area (Å²) in [6, 6.07) is 3.85. The predicted octanol–water partition coefficient (Wildman–Crippen LogP) is 0.611. The number of hydrogen-bond donors (Lipinski definition) is 1. The summed E-state index contributed by atoms with van der Waals surface area (Å²) in [5.74, 6) is -0.00559. The molecule has 0 aliphatic carbocycles. The number of esters is 1. The minimum Gasteiger partial charge on any atom is -0.464 e. The lowest BCUT2D eigenvalue weighted by Crippen LogP contribution is -2.35. The van der Waals surface area contributed by atoms with Gasteiger partial charge in [0, 0.05) is 17.3 Å². The third-order valence-corrected chi connectivity index (χ3v) is 5.66. The maximum absolute atomic E-state index is 11.5. The van der Waals surface area contributed by atoms with Gasteiger partial charge in [0.25, 0.3) is 0 Å². The normalized spacial score (nSPS) is 21.4. The van der Waals surface area contributed by atoms with Crippen LogP contribution in [0.15, 0.2) is 17.5 Å². The number of carbonyl (C=O) groups excluding carboxylic acids is 1. The molecule has 1 fully saturated rings. The summed E-state index contributed by atoms with van der Waals surface area (Å²) in [5.41, 5.74) is 0. The van der Waals surface area contributed by atoms with E-state index in [1.54, 1.807) is 11.3 Å². The molecule has 0 bridgehead atoms. The minimum absolute atomic E-state index is 0.0740. The van der Waals surface area contributed by atoms with Crippen LogP contribution in [0.3, 0.4) is 0 Å². The monoisotopic (exact) mass is 303 g/mol. The van der Waals surface area contributed by atoms with Gasteiger partial charge >= 0.3 is 5.97 Å². The number of thiophene rings is 1. The predicted molar refractivity (Wildman–Crippen MR) is 74.0 cm³/mol. The van der Waals surface area contributed by atoms with Crippen molar-refractivity contribution >= 4 is 27.1 Å². The van der Waals surface area contributed by atoms with E-state index < -0.39 is 9.84 Å². The fourth-order valence-corrected chi connectivity index (χ4v) is 4.35. The molecule has 2 heterocycles. The van der Waals surface area contributed by atoms with Gasteiger partial charge in [0.05, 0.1) is 24.7 Å². The molecular weight excluding hydrogens is 286 g/mol. The van der Waals surface area contributed by atoms with Gasteiger partial charge in [-0.2, -0.15) is 0 Å². The third kappa shape index (κ3) is 4.93. The summed E-state index contributed by atoms with van der Waals surface area (Å²) >= 11 is 1.63. The van der Waals surface area contributed by atoms with Crippen molar-refractivity contribution in [1.29, 1.82) is 0 Å². The summed E-state index contributed by atoms with van der Waals surface area (Å²) < 4.78 is 27.6. The Morgan fingerprint density at radius 1 is 1.53 bits per heavy atom. The summed E-state index contributed by atoms with van der Waals surface area (Å²) in [6.45, 7) is 0.439. The van der Waals surface area contributed by atoms with Crippen LogP contribution in [0.1, 0.15) is 11.3 Å². The fourth-order valence-electron chi connectivity index (χ4n) is 1.95. The first-order chi connectivity index (χ1) is 9.05. The van der Waals surface area contributed by atoms with Crippen LogP contribution in [0.4, 0.5) is 0 Å². The Hall–Kier alpha value is -0.920. The van der Waals surface area contributed by atoms with Crippen LogP contribution in [0, 0.1) is 0 Å². The average molecular weight is 303 g/mol. The Kier molecular flexibility index (Phi) is 4.95. The fraction of sp³-hybridized carbons (Fsp3) is 0.583. The third-order valence-electron chi connectivity index (χ3n) is 2.96. The summed E-state index contributed by atoms with van der Waals surface area (Å²) in [7, 11) is -2.90. The standard InChI is InChI=1S/C12H17NO4S2/c14-12(17-5-3-11-2-1-6-18-11)8-13-10-4-7-19(15,16)9-10/h1-2,6,10,13H,3-5,7-9H2. The Labute approximate surface area is 116 Å². The van der Waals surface area contributed by atoms with Gasteiger partial charge in [-0.25, -0.2) is 8.42 Å². The van der Waals surface area contributed by atoms with Gasteiger partial charge in [-0.15, -0.1) is 11.3 Å². The van der Waals surface area contributed by atoms with Crippen molar-refractivity contribution in [3.05, 3.63) is 22.4 Å². The molecule has 0 amide bonds. The van der Waals surface area contributed by atoms with Gasteiger partial charge in [-0.05, 0) is 17.9 Å². The topological polar surface area (TPSA) is 72.5 Å². The lowest BCUT2D eigenvalue weighted by atomic mass is 10.3. The highest BCUT2D eigenvalue weighted by molar-refractivity contribution is 7.91. The highest BCUT2D eigenvalue weighted by Crippen LogP contribution is 2.11. The molecule has 19 heavy (non-hydrogen) atoms. The smallest absolute Gasteiger partial charge is 0.319 e. The van der Waals surface area contributed by atoms with Crippen molar-refractivity contribution in [2.45, 2.75) is 18.9 Å². The highest BCUT2D eigenvalue weighted by atomic mass is 32.2. The average Bonchev–Trinajstić information content (AvgIpc) is 2.96. The number of nitrogens with one attached hydrogen (secondary N) is 1. The molecule has 2 rings (SSSR count). The maximum Gasteiger partial charge on any atom is 0.319 e. The Morgan fingerprint density at radius 3 is 3.00 bits per heavy atom. The van der Waals surface area contributed by atoms with Crippen LogP contribution in [0.5, 0.6) is 0 Å². The zero-order valence-corrected chi connectivity index (χ0v) is 12.1. The van der Waals surface area contributed by atoms with E-state index in [4.69, 9.17) is 4.74 Å². The van der Waals surface area contributed by atoms with Gasteiger partial charge in [-0.1, -0.05) is 6.07 Å². The van der Waals surface area contributed by atoms with Gasteiger partial charge in [0.15, 0.2) is 9.84 Å². The van der Waals surface area contributed by atoms with E-state index in [1.165, 1.54) is 4.88 Å². The second-order valence-corrected chi connectivity index (χ2v) is 7.79. The van der Waals surface area contributed by atoms with Crippen LogP contribution in [-0.4, -0.2) is 45.1 Å². The number of hydrogen-bond acceptors (Lipinski definition) is 6. The quantitative estimate of drug-likeness (QED) is 0.780. The van der Waals surface area contributed by atoms with Crippen LogP contribution < -0.4 is 5.32 Å². The van der Waals surface area contributed by atoms with Crippen LogP contribution >= 0.6 is 11.3 Å². The molecule has 1 N–H and O–H groups in total. The Bertz CT molecular complexity index is 510. The van der Waals surface area contributed by atoms with Crippen molar-refractivity contribution in [1.82, 2.24) is 5.32 Å². The van der Waals surface area contributed by atoms with Crippen molar-refractivity contribution in [2.75, 3.05) is 24.7 Å². The van der Waals surface area contributed by atoms with Crippen molar-refractivity contribution in [2.24, 2.45) is 0 Å². The SMILES string of the molecule is O=C(CNC1CCS(=O)(=O)C1)OCCc1cccs1. The molecule has 1 aliphatic rings. The largest absolute Gasteiger partial charge is 0.464 e. The molecule has 1 atom stereocenters. The molecule has 5 nitrogen and oxygen atoms in total. The van der Waals surface area contributed by atoms with Crippen LogP contribution in [-0.2, 0) is 25.8 Å². The first kappa shape index (κ1) is 14.5. The molecule has 0 spiro atoms. The first-order valence-corrected chi connectivity index (χ1v) is 8.87. The lowest BCUT2D eigenvalue weighted by Gasteiger charge is -2.10. The van der Waals surface area contributed by atoms with Gasteiger partial charge in [-0.3, -0.25) is 4.79 Å². The van der Waals surface area contributed by atoms with Crippen molar-refractivity contribution in [3.63, 3.8) is 0 Å². The second kappa shape index (κ2) is 6.49. The summed E-state index contributed by atoms with van der Waals surface area (Å²) in [5, 5.41) is 4.91. The zero-order chi connectivity index (χ0) is 13.7. The van der Waals surface area contributed by atoms with Crippen LogP contribution in [0.2, 0.25) is 0 Å². The molecule has 1 aromatic heterocycles. The van der Waals surface area contributed by atoms with Gasteiger partial charge in [0.2, 0.25) is 0 Å². The molecule has 0 aromatic carbocycles. The van der Waals surface area contributed by atoms with Crippen molar-refractivity contribution in [3.8, 4) is 0 Å². The minimum atomic E-state index is -2.90. The number of sulfone groups is 1. The molecule has 1 aliphatic heterocycles. The number of ether oxygens (including phenoxy) is 1. The first-order valence-electron chi connectivity index (χ1n) is 6.17. The van der Waals surface area contributed by atoms with E-state index in [2.05, 4.69) is 5.32 Å². The number of carbonyl (C=O) groups is 1. The van der Waals surface area contributed by atoms with Crippen LogP contribution in [0.25, 0.3) is 0 Å². The summed E-state index contributed by atoms with van der Waals surface area (Å²) in [4.78, 5) is 12.6. The molecule has 0 radical (unpaired) electrons. The van der Waals surface area contributed by atoms with E-state index >= 15 is 0 Å². The molecule has 7 heteroatoms. The maximum atomic E-state index is 11.5. The van der Waals surface area contributed by atoms with E-state index in [-0.39, 0.29) is 30.1 Å². The Balaban J connectivity index is 1.60. The Morgan fingerprint density at radius 2 is 2.37 bits per heavy atom. The molecule has 106 valence electrons. The van der Waals surface area contributed by atoms with Crippen molar-refractivity contribution < 1.29 is 17.9 Å². The van der Waals surface area contributed by atoms with E-state index in [0.29, 0.717) is 13.0 Å². The van der Waals surface area contributed by atoms with Gasteiger partial charge in [0.1, 0.15) is 0 Å². The molecule has 1 saturated heterocycles. The number of rotatable bonds is 6. The second-order valence-electron chi connectivity index (χ2n) is 4.53. The molecule has 1 aromatic rings. The lowest BCUT2D eigenvalue weighted by molar-refractivity contribution is -0.142. The van der Waals surface area contributed by atoms with E-state index in [9.17, 15) is 13.2 Å². The zero-order valence-electron chi connectivity index (χ0n) is 10.5. The molecule has 1 unspecified atom stereocenters.